The Kier molecular flexibility index (Phi) is 8.08. The molecule has 0 bridgehead atoms. The van der Waals surface area contributed by atoms with E-state index in [-0.39, 0.29) is 12.5 Å². The molecular formula is C22H28ClN3O4S. The highest BCUT2D eigenvalue weighted by Gasteiger charge is 2.30. The number of carbonyl (C=O) groups excluding carboxylic acids is 2. The number of benzene rings is 2. The maximum Gasteiger partial charge on any atom is 0.244 e. The van der Waals surface area contributed by atoms with E-state index in [1.807, 2.05) is 19.1 Å². The maximum atomic E-state index is 13.3. The van der Waals surface area contributed by atoms with E-state index >= 15 is 0 Å². The molecule has 0 fully saturated rings. The molecule has 2 amide bonds. The summed E-state index contributed by atoms with van der Waals surface area (Å²) in [6.07, 6.45) is 1.06. The lowest BCUT2D eigenvalue weighted by atomic mass is 10.1. The van der Waals surface area contributed by atoms with E-state index < -0.39 is 28.5 Å². The summed E-state index contributed by atoms with van der Waals surface area (Å²) in [7, 11) is -2.27. The van der Waals surface area contributed by atoms with Gasteiger partial charge in [0.1, 0.15) is 12.6 Å². The lowest BCUT2D eigenvalue weighted by Crippen LogP contribution is -2.50. The van der Waals surface area contributed by atoms with Crippen molar-refractivity contribution in [3.63, 3.8) is 0 Å². The van der Waals surface area contributed by atoms with Crippen LogP contribution in [-0.4, -0.2) is 51.0 Å². The molecule has 0 saturated carbocycles. The summed E-state index contributed by atoms with van der Waals surface area (Å²) in [4.78, 5) is 27.0. The minimum atomic E-state index is -3.75. The molecule has 168 valence electrons. The van der Waals surface area contributed by atoms with Gasteiger partial charge in [0.25, 0.3) is 0 Å². The molecule has 0 aliphatic heterocycles. The van der Waals surface area contributed by atoms with Gasteiger partial charge in [-0.15, -0.1) is 0 Å². The van der Waals surface area contributed by atoms with Crippen molar-refractivity contribution in [2.45, 2.75) is 33.4 Å². The summed E-state index contributed by atoms with van der Waals surface area (Å²) < 4.78 is 26.2. The van der Waals surface area contributed by atoms with Gasteiger partial charge >= 0.3 is 0 Å². The van der Waals surface area contributed by atoms with Crippen molar-refractivity contribution in [2.75, 3.05) is 24.2 Å². The average Bonchev–Trinajstić information content (AvgIpc) is 2.70. The van der Waals surface area contributed by atoms with Gasteiger partial charge < -0.3 is 10.2 Å². The molecule has 2 aromatic carbocycles. The third-order valence-electron chi connectivity index (χ3n) is 4.97. The summed E-state index contributed by atoms with van der Waals surface area (Å²) in [5.74, 6) is -0.851. The molecule has 2 aromatic rings. The lowest BCUT2D eigenvalue weighted by molar-refractivity contribution is -0.139. The van der Waals surface area contributed by atoms with Crippen molar-refractivity contribution in [3.8, 4) is 0 Å². The van der Waals surface area contributed by atoms with Gasteiger partial charge in [0.05, 0.1) is 11.9 Å². The fourth-order valence-electron chi connectivity index (χ4n) is 3.21. The van der Waals surface area contributed by atoms with Crippen LogP contribution in [0.25, 0.3) is 0 Å². The highest BCUT2D eigenvalue weighted by Crippen LogP contribution is 2.24. The van der Waals surface area contributed by atoms with Gasteiger partial charge in [-0.25, -0.2) is 8.42 Å². The second-order valence-corrected chi connectivity index (χ2v) is 9.84. The largest absolute Gasteiger partial charge is 0.357 e. The molecule has 9 heteroatoms. The maximum absolute atomic E-state index is 13.3. The van der Waals surface area contributed by atoms with Crippen molar-refractivity contribution < 1.29 is 18.0 Å². The Morgan fingerprint density at radius 2 is 1.81 bits per heavy atom. The molecular weight excluding hydrogens is 438 g/mol. The minimum Gasteiger partial charge on any atom is -0.357 e. The van der Waals surface area contributed by atoms with Crippen LogP contribution in [0.3, 0.4) is 0 Å². The number of aryl methyl sites for hydroxylation is 2. The quantitative estimate of drug-likeness (QED) is 0.649. The first-order valence-electron chi connectivity index (χ1n) is 9.74. The van der Waals surface area contributed by atoms with Crippen LogP contribution in [-0.2, 0) is 26.2 Å². The molecule has 0 saturated heterocycles. The van der Waals surface area contributed by atoms with E-state index in [2.05, 4.69) is 5.32 Å². The first kappa shape index (κ1) is 24.7. The molecule has 0 radical (unpaired) electrons. The molecule has 0 unspecified atom stereocenters. The van der Waals surface area contributed by atoms with Crippen LogP contribution in [0.15, 0.2) is 42.5 Å². The van der Waals surface area contributed by atoms with Crippen molar-refractivity contribution in [3.05, 3.63) is 64.2 Å². The number of rotatable bonds is 8. The zero-order chi connectivity index (χ0) is 23.3. The predicted molar refractivity (Wildman–Crippen MR) is 124 cm³/mol. The number of halogens is 1. The molecule has 31 heavy (non-hydrogen) atoms. The molecule has 0 spiro atoms. The van der Waals surface area contributed by atoms with Gasteiger partial charge in [-0.05, 0) is 55.7 Å². The zero-order valence-corrected chi connectivity index (χ0v) is 19.9. The van der Waals surface area contributed by atoms with Crippen LogP contribution < -0.4 is 9.62 Å². The molecule has 0 aliphatic carbocycles. The SMILES string of the molecule is CNC(=O)[C@H](C)N(Cc1cccc(Cl)c1)C(=O)CN(c1cc(C)ccc1C)S(C)(=O)=O. The minimum absolute atomic E-state index is 0.110. The summed E-state index contributed by atoms with van der Waals surface area (Å²) in [5, 5.41) is 3.04. The molecule has 0 aliphatic rings. The lowest BCUT2D eigenvalue weighted by Gasteiger charge is -2.31. The van der Waals surface area contributed by atoms with Crippen molar-refractivity contribution in [1.82, 2.24) is 10.2 Å². The Hall–Kier alpha value is -2.58. The second-order valence-electron chi connectivity index (χ2n) is 7.50. The molecule has 7 nitrogen and oxygen atoms in total. The smallest absolute Gasteiger partial charge is 0.244 e. The number of hydrogen-bond acceptors (Lipinski definition) is 4. The standard InChI is InChI=1S/C22H28ClN3O4S/c1-15-9-10-16(2)20(11-15)26(31(5,29)30)14-21(27)25(17(3)22(28)24-4)13-18-7-6-8-19(23)12-18/h6-12,17H,13-14H2,1-5H3,(H,24,28)/t17-/m0/s1. The van der Waals surface area contributed by atoms with Crippen LogP contribution in [0, 0.1) is 13.8 Å². The number of hydrogen-bond donors (Lipinski definition) is 1. The Morgan fingerprint density at radius 1 is 1.13 bits per heavy atom. The van der Waals surface area contributed by atoms with Gasteiger partial charge in [-0.3, -0.25) is 13.9 Å². The average molecular weight is 466 g/mol. The van der Waals surface area contributed by atoms with E-state index in [0.717, 1.165) is 27.3 Å². The summed E-state index contributed by atoms with van der Waals surface area (Å²) in [6.45, 7) is 4.92. The number of likely N-dealkylation sites (N-methyl/N-ethyl adjacent to an activating group) is 1. The Labute approximate surface area is 189 Å². The first-order chi connectivity index (χ1) is 14.4. The van der Waals surface area contributed by atoms with Crippen LogP contribution in [0.2, 0.25) is 5.02 Å². The fraction of sp³-hybridized carbons (Fsp3) is 0.364. The molecule has 1 atom stereocenters. The number of anilines is 1. The van der Waals surface area contributed by atoms with E-state index in [1.54, 1.807) is 44.2 Å². The van der Waals surface area contributed by atoms with Gasteiger partial charge in [0.15, 0.2) is 0 Å². The molecule has 0 aromatic heterocycles. The normalized spacial score (nSPS) is 12.2. The van der Waals surface area contributed by atoms with E-state index in [4.69, 9.17) is 11.6 Å². The Morgan fingerprint density at radius 3 is 2.39 bits per heavy atom. The summed E-state index contributed by atoms with van der Waals surface area (Å²) in [6, 6.07) is 11.6. The van der Waals surface area contributed by atoms with Crippen molar-refractivity contribution >= 4 is 39.1 Å². The number of sulfonamides is 1. The predicted octanol–water partition coefficient (Wildman–Crippen LogP) is 2.89. The third kappa shape index (κ3) is 6.45. The zero-order valence-electron chi connectivity index (χ0n) is 18.3. The van der Waals surface area contributed by atoms with Crippen molar-refractivity contribution in [1.29, 1.82) is 0 Å². The topological polar surface area (TPSA) is 86.8 Å². The third-order valence-corrected chi connectivity index (χ3v) is 6.33. The summed E-state index contributed by atoms with van der Waals surface area (Å²) in [5.41, 5.74) is 2.76. The van der Waals surface area contributed by atoms with Crippen LogP contribution in [0.4, 0.5) is 5.69 Å². The van der Waals surface area contributed by atoms with E-state index in [1.165, 1.54) is 11.9 Å². The first-order valence-corrected chi connectivity index (χ1v) is 12.0. The number of amides is 2. The second kappa shape index (κ2) is 10.2. The Balaban J connectivity index is 2.43. The number of nitrogens with zero attached hydrogens (tertiary/aromatic N) is 2. The van der Waals surface area contributed by atoms with Crippen LogP contribution in [0.1, 0.15) is 23.6 Å². The molecule has 0 heterocycles. The highest BCUT2D eigenvalue weighted by molar-refractivity contribution is 7.92. The van der Waals surface area contributed by atoms with Gasteiger partial charge in [-0.1, -0.05) is 35.9 Å². The van der Waals surface area contributed by atoms with Crippen LogP contribution >= 0.6 is 11.6 Å². The number of nitrogens with one attached hydrogen (secondary N) is 1. The fourth-order valence-corrected chi connectivity index (χ4v) is 4.32. The Bertz CT molecular complexity index is 1070. The van der Waals surface area contributed by atoms with Crippen LogP contribution in [0.5, 0.6) is 0 Å². The van der Waals surface area contributed by atoms with E-state index in [9.17, 15) is 18.0 Å². The van der Waals surface area contributed by atoms with Gasteiger partial charge in [0, 0.05) is 18.6 Å². The molecule has 1 N–H and O–H groups in total. The number of carbonyl (C=O) groups is 2. The highest BCUT2D eigenvalue weighted by atomic mass is 35.5. The van der Waals surface area contributed by atoms with Crippen molar-refractivity contribution in [2.24, 2.45) is 0 Å². The molecule has 2 rings (SSSR count). The van der Waals surface area contributed by atoms with Gasteiger partial charge in [0.2, 0.25) is 21.8 Å². The monoisotopic (exact) mass is 465 g/mol. The van der Waals surface area contributed by atoms with Gasteiger partial charge in [-0.2, -0.15) is 0 Å². The van der Waals surface area contributed by atoms with E-state index in [0.29, 0.717) is 10.7 Å². The summed E-state index contributed by atoms with van der Waals surface area (Å²) >= 11 is 6.06.